The summed E-state index contributed by atoms with van der Waals surface area (Å²) in [6, 6.07) is 12.1. The van der Waals surface area contributed by atoms with E-state index in [4.69, 9.17) is 11.6 Å². The Morgan fingerprint density at radius 3 is 2.19 bits per heavy atom. The van der Waals surface area contributed by atoms with Crippen LogP contribution in [0.15, 0.2) is 59.8 Å². The molecule has 0 unspecified atom stereocenters. The molecule has 2 amide bonds. The van der Waals surface area contributed by atoms with Crippen molar-refractivity contribution in [3.63, 3.8) is 0 Å². The smallest absolute Gasteiger partial charge is 0.337 e. The highest BCUT2D eigenvalue weighted by molar-refractivity contribution is 6.30. The van der Waals surface area contributed by atoms with Gasteiger partial charge in [-0.05, 0) is 48.9 Å². The van der Waals surface area contributed by atoms with Crippen LogP contribution in [0.1, 0.15) is 39.2 Å². The van der Waals surface area contributed by atoms with Gasteiger partial charge >= 0.3 is 12.0 Å². The molecule has 0 aromatic heterocycles. The summed E-state index contributed by atoms with van der Waals surface area (Å²) in [4.78, 5) is 36.6. The van der Waals surface area contributed by atoms with Crippen LogP contribution in [0.2, 0.25) is 5.02 Å². The van der Waals surface area contributed by atoms with Gasteiger partial charge in [0.05, 0.1) is 18.7 Å². The number of urea groups is 1. The van der Waals surface area contributed by atoms with E-state index in [0.717, 1.165) is 0 Å². The number of carbonyl (C=O) groups is 3. The second-order valence-electron chi connectivity index (χ2n) is 6.02. The van der Waals surface area contributed by atoms with E-state index in [9.17, 15) is 14.4 Å². The van der Waals surface area contributed by atoms with Crippen LogP contribution >= 0.6 is 11.6 Å². The zero-order valence-electron chi connectivity index (χ0n) is 14.7. The summed E-state index contributed by atoms with van der Waals surface area (Å²) in [6.07, 6.45) is 0. The number of carbonyl (C=O) groups excluding carboxylic acids is 3. The summed E-state index contributed by atoms with van der Waals surface area (Å²) < 4.78 is 4.69. The molecule has 1 aliphatic heterocycles. The van der Waals surface area contributed by atoms with Crippen LogP contribution in [-0.2, 0) is 4.74 Å². The summed E-state index contributed by atoms with van der Waals surface area (Å²) in [5, 5.41) is 5.94. The lowest BCUT2D eigenvalue weighted by Crippen LogP contribution is -2.45. The Hall–Kier alpha value is -3.12. The van der Waals surface area contributed by atoms with Crippen LogP contribution in [0.25, 0.3) is 0 Å². The van der Waals surface area contributed by atoms with Crippen LogP contribution in [-0.4, -0.2) is 24.9 Å². The minimum Gasteiger partial charge on any atom is -0.465 e. The molecule has 0 bridgehead atoms. The first-order valence-electron chi connectivity index (χ1n) is 8.17. The zero-order chi connectivity index (χ0) is 19.6. The maximum absolute atomic E-state index is 13.1. The summed E-state index contributed by atoms with van der Waals surface area (Å²) in [7, 11) is 1.30. The number of hydrogen-bond acceptors (Lipinski definition) is 4. The lowest BCUT2D eigenvalue weighted by atomic mass is 9.89. The quantitative estimate of drug-likeness (QED) is 0.622. The maximum Gasteiger partial charge on any atom is 0.337 e. The van der Waals surface area contributed by atoms with Crippen LogP contribution in [0.5, 0.6) is 0 Å². The molecular formula is C20H17ClN2O4. The molecular weight excluding hydrogens is 368 g/mol. The van der Waals surface area contributed by atoms with Crippen molar-refractivity contribution in [1.82, 2.24) is 10.6 Å². The largest absolute Gasteiger partial charge is 0.465 e. The van der Waals surface area contributed by atoms with Gasteiger partial charge in [0.1, 0.15) is 0 Å². The Kier molecular flexibility index (Phi) is 5.28. The number of nitrogens with one attached hydrogen (secondary N) is 2. The SMILES string of the molecule is COC(=O)c1ccc([C@H]2NC(=O)NC(C)=C2C(=O)c2ccc(Cl)cc2)cc1. The van der Waals surface area contributed by atoms with Crippen LogP contribution in [0, 0.1) is 0 Å². The Balaban J connectivity index is 2.00. The molecule has 6 nitrogen and oxygen atoms in total. The molecule has 7 heteroatoms. The summed E-state index contributed by atoms with van der Waals surface area (Å²) >= 11 is 5.90. The molecule has 0 saturated carbocycles. The fourth-order valence-corrected chi connectivity index (χ4v) is 3.06. The van der Waals surface area contributed by atoms with E-state index in [1.807, 2.05) is 0 Å². The number of hydrogen-bond donors (Lipinski definition) is 2. The van der Waals surface area contributed by atoms with E-state index in [2.05, 4.69) is 15.4 Å². The fraction of sp³-hybridized carbons (Fsp3) is 0.150. The minimum atomic E-state index is -0.645. The van der Waals surface area contributed by atoms with Crippen molar-refractivity contribution in [3.05, 3.63) is 81.5 Å². The number of benzene rings is 2. The topological polar surface area (TPSA) is 84.5 Å². The van der Waals surface area contributed by atoms with Crippen molar-refractivity contribution in [2.45, 2.75) is 13.0 Å². The third-order valence-electron chi connectivity index (χ3n) is 4.29. The molecule has 1 heterocycles. The van der Waals surface area contributed by atoms with Crippen molar-refractivity contribution in [1.29, 1.82) is 0 Å². The van der Waals surface area contributed by atoms with Gasteiger partial charge in [-0.3, -0.25) is 4.79 Å². The number of esters is 1. The monoisotopic (exact) mass is 384 g/mol. The lowest BCUT2D eigenvalue weighted by molar-refractivity contribution is 0.0600. The molecule has 0 saturated heterocycles. The van der Waals surface area contributed by atoms with Crippen molar-refractivity contribution in [2.75, 3.05) is 7.11 Å². The zero-order valence-corrected chi connectivity index (χ0v) is 15.5. The minimum absolute atomic E-state index is 0.223. The lowest BCUT2D eigenvalue weighted by Gasteiger charge is -2.28. The van der Waals surface area contributed by atoms with Crippen molar-refractivity contribution >= 4 is 29.4 Å². The number of rotatable bonds is 4. The molecule has 3 rings (SSSR count). The standard InChI is InChI=1S/C20H17ClN2O4/c1-11-16(18(24)13-7-9-15(21)10-8-13)17(23-20(26)22-11)12-3-5-14(6-4-12)19(25)27-2/h3-10,17H,1-2H3,(H2,22,23,26)/t17-/m1/s1. The van der Waals surface area contributed by atoms with Gasteiger partial charge in [0.25, 0.3) is 0 Å². The van der Waals surface area contributed by atoms with Gasteiger partial charge in [0.15, 0.2) is 5.78 Å². The summed E-state index contributed by atoms with van der Waals surface area (Å²) in [5.41, 5.74) is 2.41. The number of amides is 2. The van der Waals surface area contributed by atoms with Gasteiger partial charge in [-0.1, -0.05) is 23.7 Å². The molecule has 0 fully saturated rings. The number of ketones is 1. The van der Waals surface area contributed by atoms with Crippen LogP contribution in [0.4, 0.5) is 4.79 Å². The molecule has 2 aromatic carbocycles. The third-order valence-corrected chi connectivity index (χ3v) is 4.54. The first-order chi connectivity index (χ1) is 12.9. The fourth-order valence-electron chi connectivity index (χ4n) is 2.93. The normalized spacial score (nSPS) is 16.4. The van der Waals surface area contributed by atoms with Gasteiger partial charge < -0.3 is 15.4 Å². The van der Waals surface area contributed by atoms with E-state index >= 15 is 0 Å². The van der Waals surface area contributed by atoms with E-state index < -0.39 is 18.0 Å². The van der Waals surface area contributed by atoms with Crippen molar-refractivity contribution in [2.24, 2.45) is 0 Å². The predicted molar refractivity (Wildman–Crippen MR) is 101 cm³/mol. The Bertz CT molecular complexity index is 933. The second kappa shape index (κ2) is 7.63. The molecule has 2 N–H and O–H groups in total. The predicted octanol–water partition coefficient (Wildman–Crippen LogP) is 3.64. The van der Waals surface area contributed by atoms with E-state index in [1.165, 1.54) is 7.11 Å². The van der Waals surface area contributed by atoms with Crippen molar-refractivity contribution in [3.8, 4) is 0 Å². The first kappa shape index (κ1) is 18.7. The molecule has 1 aliphatic rings. The molecule has 1 atom stereocenters. The summed E-state index contributed by atoms with van der Waals surface area (Å²) in [5.74, 6) is -0.682. The molecule has 138 valence electrons. The van der Waals surface area contributed by atoms with E-state index in [0.29, 0.717) is 33.0 Å². The molecule has 0 radical (unpaired) electrons. The highest BCUT2D eigenvalue weighted by Crippen LogP contribution is 2.30. The maximum atomic E-state index is 13.1. The van der Waals surface area contributed by atoms with Gasteiger partial charge in [-0.2, -0.15) is 0 Å². The average Bonchev–Trinajstić information content (AvgIpc) is 2.67. The van der Waals surface area contributed by atoms with Gasteiger partial charge in [0.2, 0.25) is 0 Å². The van der Waals surface area contributed by atoms with Gasteiger partial charge in [0, 0.05) is 21.9 Å². The number of allylic oxidation sites excluding steroid dienone is 1. The van der Waals surface area contributed by atoms with Gasteiger partial charge in [-0.25, -0.2) is 9.59 Å². The highest BCUT2D eigenvalue weighted by atomic mass is 35.5. The Morgan fingerprint density at radius 1 is 1.00 bits per heavy atom. The third kappa shape index (κ3) is 3.85. The Morgan fingerprint density at radius 2 is 1.59 bits per heavy atom. The molecule has 0 spiro atoms. The van der Waals surface area contributed by atoms with E-state index in [-0.39, 0.29) is 5.78 Å². The number of ether oxygens (including phenoxy) is 1. The molecule has 0 aliphatic carbocycles. The van der Waals surface area contributed by atoms with Crippen LogP contribution < -0.4 is 10.6 Å². The molecule has 2 aromatic rings. The average molecular weight is 385 g/mol. The van der Waals surface area contributed by atoms with Gasteiger partial charge in [-0.15, -0.1) is 0 Å². The number of methoxy groups -OCH3 is 1. The highest BCUT2D eigenvalue weighted by Gasteiger charge is 2.31. The van der Waals surface area contributed by atoms with Crippen molar-refractivity contribution < 1.29 is 19.1 Å². The van der Waals surface area contributed by atoms with E-state index in [1.54, 1.807) is 55.5 Å². The summed E-state index contributed by atoms with van der Waals surface area (Å²) in [6.45, 7) is 1.68. The number of Topliss-reactive ketones (excluding diaryl/α,β-unsaturated/α-hetero) is 1. The molecule has 27 heavy (non-hydrogen) atoms. The van der Waals surface area contributed by atoms with Crippen LogP contribution in [0.3, 0.4) is 0 Å². The number of halogens is 1. The second-order valence-corrected chi connectivity index (χ2v) is 6.46. The first-order valence-corrected chi connectivity index (χ1v) is 8.55. The Labute approximate surface area is 161 Å².